The molecule has 0 aliphatic carbocycles. The third-order valence-electron chi connectivity index (χ3n) is 2.87. The Hall–Kier alpha value is -0.380. The van der Waals surface area contributed by atoms with Crippen LogP contribution in [-0.4, -0.2) is 22.6 Å². The molecule has 0 spiro atoms. The lowest BCUT2D eigenvalue weighted by Crippen LogP contribution is -2.56. The van der Waals surface area contributed by atoms with Crippen LogP contribution < -0.4 is 5.32 Å². The van der Waals surface area contributed by atoms with E-state index in [2.05, 4.69) is 21.2 Å². The number of amides is 1. The first-order chi connectivity index (χ1) is 6.15. The van der Waals surface area contributed by atoms with Gasteiger partial charge in [-0.3, -0.25) is 9.59 Å². The summed E-state index contributed by atoms with van der Waals surface area (Å²) >= 11 is 3.15. The van der Waals surface area contributed by atoms with Gasteiger partial charge in [0.15, 0.2) is 5.78 Å². The van der Waals surface area contributed by atoms with Crippen LogP contribution in [0.25, 0.3) is 0 Å². The van der Waals surface area contributed by atoms with Crippen molar-refractivity contribution in [3.63, 3.8) is 0 Å². The molecule has 14 heavy (non-hydrogen) atoms. The van der Waals surface area contributed by atoms with E-state index >= 15 is 0 Å². The van der Waals surface area contributed by atoms with E-state index in [9.17, 15) is 9.59 Å². The lowest BCUT2D eigenvalue weighted by atomic mass is 9.72. The van der Waals surface area contributed by atoms with Gasteiger partial charge < -0.3 is 5.32 Å². The Morgan fingerprint density at radius 3 is 1.93 bits per heavy atom. The molecule has 0 aromatic rings. The predicted molar refractivity (Wildman–Crippen MR) is 60.5 cm³/mol. The SMILES string of the molecule is CC(=O)NC(C)(C)C(C)(C)C(=O)CBr. The number of nitrogens with one attached hydrogen (secondary N) is 1. The molecule has 0 aromatic heterocycles. The molecule has 0 saturated heterocycles. The van der Waals surface area contributed by atoms with Crippen molar-refractivity contribution in [1.82, 2.24) is 5.32 Å². The van der Waals surface area contributed by atoms with E-state index in [0.717, 1.165) is 0 Å². The summed E-state index contributed by atoms with van der Waals surface area (Å²) in [6.45, 7) is 8.85. The summed E-state index contributed by atoms with van der Waals surface area (Å²) in [6.07, 6.45) is 0. The van der Waals surface area contributed by atoms with Crippen LogP contribution in [0.5, 0.6) is 0 Å². The molecule has 0 aliphatic heterocycles. The molecular formula is C10H18BrNO2. The molecular weight excluding hydrogens is 246 g/mol. The van der Waals surface area contributed by atoms with Crippen LogP contribution in [0.3, 0.4) is 0 Å². The van der Waals surface area contributed by atoms with Gasteiger partial charge in [-0.2, -0.15) is 0 Å². The molecule has 0 aromatic carbocycles. The van der Waals surface area contributed by atoms with Crippen molar-refractivity contribution >= 4 is 27.6 Å². The first-order valence-electron chi connectivity index (χ1n) is 4.53. The fourth-order valence-electron chi connectivity index (χ4n) is 1.11. The van der Waals surface area contributed by atoms with Crippen molar-refractivity contribution in [2.75, 3.05) is 5.33 Å². The monoisotopic (exact) mass is 263 g/mol. The van der Waals surface area contributed by atoms with Gasteiger partial charge in [0.25, 0.3) is 0 Å². The Morgan fingerprint density at radius 2 is 1.64 bits per heavy atom. The number of carbonyl (C=O) groups is 2. The molecule has 0 atom stereocenters. The molecule has 0 unspecified atom stereocenters. The normalized spacial score (nSPS) is 12.4. The second-order valence-electron chi connectivity index (χ2n) is 4.49. The van der Waals surface area contributed by atoms with E-state index in [1.807, 2.05) is 27.7 Å². The van der Waals surface area contributed by atoms with E-state index in [1.165, 1.54) is 6.92 Å². The maximum absolute atomic E-state index is 11.7. The molecule has 1 amide bonds. The molecule has 0 rings (SSSR count). The van der Waals surface area contributed by atoms with Crippen molar-refractivity contribution in [2.45, 2.75) is 40.2 Å². The van der Waals surface area contributed by atoms with Gasteiger partial charge in [-0.1, -0.05) is 29.8 Å². The zero-order valence-electron chi connectivity index (χ0n) is 9.40. The minimum atomic E-state index is -0.581. The van der Waals surface area contributed by atoms with Crippen LogP contribution in [0.4, 0.5) is 0 Å². The summed E-state index contributed by atoms with van der Waals surface area (Å²) in [5.74, 6) is -0.0401. The molecule has 0 saturated carbocycles. The molecule has 0 fully saturated rings. The minimum Gasteiger partial charge on any atom is -0.350 e. The van der Waals surface area contributed by atoms with Gasteiger partial charge in [0.05, 0.1) is 5.33 Å². The summed E-state index contributed by atoms with van der Waals surface area (Å²) in [5, 5.41) is 3.10. The van der Waals surface area contributed by atoms with Crippen LogP contribution in [-0.2, 0) is 9.59 Å². The highest BCUT2D eigenvalue weighted by Crippen LogP contribution is 2.31. The molecule has 82 valence electrons. The fourth-order valence-corrected chi connectivity index (χ4v) is 1.81. The highest BCUT2D eigenvalue weighted by Gasteiger charge is 2.42. The maximum Gasteiger partial charge on any atom is 0.217 e. The summed E-state index contributed by atoms with van der Waals surface area (Å²) in [5.41, 5.74) is -1.12. The van der Waals surface area contributed by atoms with Crippen LogP contribution in [0.2, 0.25) is 0 Å². The second kappa shape index (κ2) is 4.43. The van der Waals surface area contributed by atoms with E-state index in [-0.39, 0.29) is 11.7 Å². The van der Waals surface area contributed by atoms with Gasteiger partial charge >= 0.3 is 0 Å². The van der Waals surface area contributed by atoms with Crippen molar-refractivity contribution in [1.29, 1.82) is 0 Å². The summed E-state index contributed by atoms with van der Waals surface area (Å²) in [6, 6.07) is 0. The van der Waals surface area contributed by atoms with Crippen molar-refractivity contribution in [2.24, 2.45) is 5.41 Å². The smallest absolute Gasteiger partial charge is 0.217 e. The van der Waals surface area contributed by atoms with Gasteiger partial charge in [-0.15, -0.1) is 0 Å². The van der Waals surface area contributed by atoms with Gasteiger partial charge in [0, 0.05) is 17.9 Å². The predicted octanol–water partition coefficient (Wildman–Crippen LogP) is 1.89. The number of rotatable bonds is 4. The number of carbonyl (C=O) groups excluding carboxylic acids is 2. The minimum absolute atomic E-state index is 0.0799. The van der Waals surface area contributed by atoms with Crippen molar-refractivity contribution in [3.8, 4) is 0 Å². The van der Waals surface area contributed by atoms with Crippen LogP contribution in [0.1, 0.15) is 34.6 Å². The van der Waals surface area contributed by atoms with Gasteiger partial charge in [0.2, 0.25) is 5.91 Å². The Bertz CT molecular complexity index is 247. The molecule has 3 nitrogen and oxygen atoms in total. The zero-order valence-corrected chi connectivity index (χ0v) is 11.0. The van der Waals surface area contributed by atoms with Crippen LogP contribution >= 0.6 is 15.9 Å². The zero-order chi connectivity index (χ0) is 11.6. The molecule has 0 heterocycles. The fraction of sp³-hybridized carbons (Fsp3) is 0.800. The van der Waals surface area contributed by atoms with E-state index in [0.29, 0.717) is 5.33 Å². The number of alkyl halides is 1. The first kappa shape index (κ1) is 13.6. The maximum atomic E-state index is 11.7. The number of hydrogen-bond acceptors (Lipinski definition) is 2. The van der Waals surface area contributed by atoms with Crippen LogP contribution in [0.15, 0.2) is 0 Å². The van der Waals surface area contributed by atoms with Crippen LogP contribution in [0, 0.1) is 5.41 Å². The number of halogens is 1. The largest absolute Gasteiger partial charge is 0.350 e. The molecule has 0 bridgehead atoms. The number of hydrogen-bond donors (Lipinski definition) is 1. The van der Waals surface area contributed by atoms with Crippen molar-refractivity contribution in [3.05, 3.63) is 0 Å². The van der Waals surface area contributed by atoms with E-state index in [4.69, 9.17) is 0 Å². The standard InChI is InChI=1S/C10H18BrNO2/c1-7(13)12-10(4,5)9(2,3)8(14)6-11/h6H2,1-5H3,(H,12,13). The summed E-state index contributed by atoms with van der Waals surface area (Å²) < 4.78 is 0. The quantitative estimate of drug-likeness (QED) is 0.788. The lowest BCUT2D eigenvalue weighted by Gasteiger charge is -2.40. The number of Topliss-reactive ketones (excluding diaryl/α,β-unsaturated/α-hetero) is 1. The first-order valence-corrected chi connectivity index (χ1v) is 5.65. The Morgan fingerprint density at radius 1 is 1.21 bits per heavy atom. The third kappa shape index (κ3) is 2.80. The van der Waals surface area contributed by atoms with Gasteiger partial charge in [0.1, 0.15) is 0 Å². The molecule has 0 aliphatic rings. The Labute approximate surface area is 93.8 Å². The molecule has 1 N–H and O–H groups in total. The summed E-state index contributed by atoms with van der Waals surface area (Å²) in [7, 11) is 0. The topological polar surface area (TPSA) is 46.2 Å². The molecule has 4 heteroatoms. The average molecular weight is 264 g/mol. The third-order valence-corrected chi connectivity index (χ3v) is 3.38. The number of ketones is 1. The Balaban J connectivity index is 4.86. The van der Waals surface area contributed by atoms with Gasteiger partial charge in [-0.25, -0.2) is 0 Å². The molecule has 0 radical (unpaired) electrons. The average Bonchev–Trinajstić information content (AvgIpc) is 2.00. The van der Waals surface area contributed by atoms with E-state index < -0.39 is 11.0 Å². The highest BCUT2D eigenvalue weighted by atomic mass is 79.9. The van der Waals surface area contributed by atoms with Crippen molar-refractivity contribution < 1.29 is 9.59 Å². The van der Waals surface area contributed by atoms with E-state index in [1.54, 1.807) is 0 Å². The lowest BCUT2D eigenvalue weighted by molar-refractivity contribution is -0.130. The second-order valence-corrected chi connectivity index (χ2v) is 5.05. The summed E-state index contributed by atoms with van der Waals surface area (Å²) in [4.78, 5) is 22.6. The Kier molecular flexibility index (Phi) is 4.31. The highest BCUT2D eigenvalue weighted by molar-refractivity contribution is 9.09. The van der Waals surface area contributed by atoms with Gasteiger partial charge in [-0.05, 0) is 13.8 Å².